The average molecular weight is 300 g/mol. The number of amides is 2. The van der Waals surface area contributed by atoms with Gasteiger partial charge in [-0.3, -0.25) is 9.59 Å². The summed E-state index contributed by atoms with van der Waals surface area (Å²) in [5, 5.41) is 4.43. The summed E-state index contributed by atoms with van der Waals surface area (Å²) in [5.74, 6) is 0.512. The molecule has 3 rings (SSSR count). The second kappa shape index (κ2) is 5.51. The summed E-state index contributed by atoms with van der Waals surface area (Å²) < 4.78 is 5.25. The maximum absolute atomic E-state index is 11.6. The maximum atomic E-state index is 11.6. The SMILES string of the molecule is COc1cc2c(N3CCNC(=O)C3)nccc2cc1C(N)=O. The van der Waals surface area contributed by atoms with E-state index in [9.17, 15) is 9.59 Å². The quantitative estimate of drug-likeness (QED) is 0.848. The lowest BCUT2D eigenvalue weighted by Crippen LogP contribution is -2.48. The van der Waals surface area contributed by atoms with Gasteiger partial charge in [0.1, 0.15) is 11.6 Å². The number of nitrogens with zero attached hydrogens (tertiary/aromatic N) is 2. The molecule has 7 nitrogen and oxygen atoms in total. The third kappa shape index (κ3) is 2.41. The van der Waals surface area contributed by atoms with Crippen molar-refractivity contribution in [1.82, 2.24) is 10.3 Å². The number of methoxy groups -OCH3 is 1. The number of nitrogens with two attached hydrogens (primary N) is 1. The van der Waals surface area contributed by atoms with E-state index in [1.807, 2.05) is 4.90 Å². The number of rotatable bonds is 3. The van der Waals surface area contributed by atoms with Crippen LogP contribution in [0.15, 0.2) is 24.4 Å². The van der Waals surface area contributed by atoms with Crippen molar-refractivity contribution in [2.24, 2.45) is 5.73 Å². The largest absolute Gasteiger partial charge is 0.496 e. The molecule has 0 aliphatic carbocycles. The highest BCUT2D eigenvalue weighted by atomic mass is 16.5. The first kappa shape index (κ1) is 14.1. The van der Waals surface area contributed by atoms with Gasteiger partial charge in [0.15, 0.2) is 0 Å². The Morgan fingerprint density at radius 1 is 1.45 bits per heavy atom. The van der Waals surface area contributed by atoms with E-state index in [1.165, 1.54) is 7.11 Å². The Morgan fingerprint density at radius 2 is 2.27 bits per heavy atom. The number of fused-ring (bicyclic) bond motifs is 1. The van der Waals surface area contributed by atoms with Crippen molar-refractivity contribution in [2.75, 3.05) is 31.6 Å². The molecule has 1 aliphatic rings. The number of ether oxygens (including phenoxy) is 1. The number of carbonyl (C=O) groups excluding carboxylic acids is 2. The summed E-state index contributed by atoms with van der Waals surface area (Å²) in [7, 11) is 1.48. The van der Waals surface area contributed by atoms with Gasteiger partial charge >= 0.3 is 0 Å². The maximum Gasteiger partial charge on any atom is 0.252 e. The Morgan fingerprint density at radius 3 is 2.95 bits per heavy atom. The molecular formula is C15H16N4O3. The summed E-state index contributed by atoms with van der Waals surface area (Å²) in [6.45, 7) is 1.51. The molecule has 114 valence electrons. The molecular weight excluding hydrogens is 284 g/mol. The smallest absolute Gasteiger partial charge is 0.252 e. The van der Waals surface area contributed by atoms with E-state index in [0.717, 1.165) is 10.8 Å². The van der Waals surface area contributed by atoms with Crippen LogP contribution >= 0.6 is 0 Å². The lowest BCUT2D eigenvalue weighted by molar-refractivity contribution is -0.120. The van der Waals surface area contributed by atoms with Crippen molar-refractivity contribution in [2.45, 2.75) is 0 Å². The van der Waals surface area contributed by atoms with Crippen LogP contribution < -0.4 is 20.7 Å². The van der Waals surface area contributed by atoms with Crippen LogP contribution in [0.1, 0.15) is 10.4 Å². The molecule has 22 heavy (non-hydrogen) atoms. The summed E-state index contributed by atoms with van der Waals surface area (Å²) >= 11 is 0. The van der Waals surface area contributed by atoms with Gasteiger partial charge in [0, 0.05) is 24.7 Å². The normalized spacial score (nSPS) is 14.8. The standard InChI is InChI=1S/C15H16N4O3/c1-22-12-7-10-9(6-11(12)14(16)21)2-3-18-15(10)19-5-4-17-13(20)8-19/h2-3,6-7H,4-5,8H2,1H3,(H2,16,21)(H,17,20). The predicted molar refractivity (Wildman–Crippen MR) is 82.0 cm³/mol. The van der Waals surface area contributed by atoms with E-state index < -0.39 is 5.91 Å². The van der Waals surface area contributed by atoms with E-state index in [1.54, 1.807) is 24.4 Å². The van der Waals surface area contributed by atoms with Crippen molar-refractivity contribution in [1.29, 1.82) is 0 Å². The molecule has 1 aromatic heterocycles. The van der Waals surface area contributed by atoms with Crippen LogP contribution in [0.5, 0.6) is 5.75 Å². The van der Waals surface area contributed by atoms with Gasteiger partial charge in [0.2, 0.25) is 5.91 Å². The molecule has 0 radical (unpaired) electrons. The second-order valence-electron chi connectivity index (χ2n) is 5.04. The Balaban J connectivity index is 2.15. The molecule has 2 aromatic rings. The van der Waals surface area contributed by atoms with Crippen molar-refractivity contribution >= 4 is 28.4 Å². The highest BCUT2D eigenvalue weighted by Crippen LogP contribution is 2.31. The molecule has 7 heteroatoms. The average Bonchev–Trinajstić information content (AvgIpc) is 2.52. The van der Waals surface area contributed by atoms with Crippen LogP contribution in [0, 0.1) is 0 Å². The van der Waals surface area contributed by atoms with E-state index in [4.69, 9.17) is 10.5 Å². The van der Waals surface area contributed by atoms with Gasteiger partial charge in [-0.05, 0) is 23.6 Å². The van der Waals surface area contributed by atoms with Crippen LogP contribution in [0.2, 0.25) is 0 Å². The molecule has 1 aliphatic heterocycles. The van der Waals surface area contributed by atoms with Crippen molar-refractivity contribution < 1.29 is 14.3 Å². The zero-order valence-electron chi connectivity index (χ0n) is 12.1. The summed E-state index contributed by atoms with van der Waals surface area (Å²) in [6, 6.07) is 5.23. The first-order valence-electron chi connectivity index (χ1n) is 6.88. The fourth-order valence-corrected chi connectivity index (χ4v) is 2.62. The summed E-state index contributed by atoms with van der Waals surface area (Å²) in [4.78, 5) is 29.4. The number of primary amides is 1. The zero-order chi connectivity index (χ0) is 15.7. The van der Waals surface area contributed by atoms with Crippen LogP contribution in [0.4, 0.5) is 5.82 Å². The van der Waals surface area contributed by atoms with Crippen LogP contribution in [-0.2, 0) is 4.79 Å². The lowest BCUT2D eigenvalue weighted by atomic mass is 10.1. The summed E-state index contributed by atoms with van der Waals surface area (Å²) in [6.07, 6.45) is 1.65. The monoisotopic (exact) mass is 300 g/mol. The Hall–Kier alpha value is -2.83. The minimum atomic E-state index is -0.547. The van der Waals surface area contributed by atoms with Crippen LogP contribution in [0.25, 0.3) is 10.8 Å². The fraction of sp³-hybridized carbons (Fsp3) is 0.267. The minimum Gasteiger partial charge on any atom is -0.496 e. The number of benzene rings is 1. The topological polar surface area (TPSA) is 97.6 Å². The molecule has 1 fully saturated rings. The van der Waals surface area contributed by atoms with E-state index in [0.29, 0.717) is 30.2 Å². The van der Waals surface area contributed by atoms with Gasteiger partial charge in [-0.2, -0.15) is 0 Å². The molecule has 1 aromatic carbocycles. The number of anilines is 1. The first-order chi connectivity index (χ1) is 10.6. The third-order valence-corrected chi connectivity index (χ3v) is 3.67. The molecule has 1 saturated heterocycles. The van der Waals surface area contributed by atoms with Crippen molar-refractivity contribution in [3.63, 3.8) is 0 Å². The molecule has 0 atom stereocenters. The number of pyridine rings is 1. The lowest BCUT2D eigenvalue weighted by Gasteiger charge is -2.28. The number of hydrogen-bond acceptors (Lipinski definition) is 5. The van der Waals surface area contributed by atoms with Crippen molar-refractivity contribution in [3.8, 4) is 5.75 Å². The van der Waals surface area contributed by atoms with Crippen LogP contribution in [0.3, 0.4) is 0 Å². The van der Waals surface area contributed by atoms with Crippen molar-refractivity contribution in [3.05, 3.63) is 30.0 Å². The van der Waals surface area contributed by atoms with Gasteiger partial charge in [0.25, 0.3) is 5.91 Å². The van der Waals surface area contributed by atoms with E-state index in [2.05, 4.69) is 10.3 Å². The number of nitrogens with one attached hydrogen (secondary N) is 1. The Bertz CT molecular complexity index is 760. The third-order valence-electron chi connectivity index (χ3n) is 3.67. The highest BCUT2D eigenvalue weighted by Gasteiger charge is 2.20. The molecule has 0 saturated carbocycles. The minimum absolute atomic E-state index is 0.0363. The zero-order valence-corrected chi connectivity index (χ0v) is 12.1. The molecule has 3 N–H and O–H groups in total. The van der Waals surface area contributed by atoms with E-state index in [-0.39, 0.29) is 12.5 Å². The van der Waals surface area contributed by atoms with Gasteiger partial charge in [-0.25, -0.2) is 4.98 Å². The van der Waals surface area contributed by atoms with Gasteiger partial charge in [-0.1, -0.05) is 0 Å². The predicted octanol–water partition coefficient (Wildman–Crippen LogP) is 0.278. The first-order valence-corrected chi connectivity index (χ1v) is 6.88. The Labute approximate surface area is 127 Å². The van der Waals surface area contributed by atoms with Gasteiger partial charge in [-0.15, -0.1) is 0 Å². The molecule has 0 spiro atoms. The molecule has 2 amide bonds. The van der Waals surface area contributed by atoms with E-state index >= 15 is 0 Å². The fourth-order valence-electron chi connectivity index (χ4n) is 2.62. The summed E-state index contributed by atoms with van der Waals surface area (Å²) in [5.41, 5.74) is 5.71. The molecule has 0 unspecified atom stereocenters. The molecule has 0 bridgehead atoms. The number of hydrogen-bond donors (Lipinski definition) is 2. The van der Waals surface area contributed by atoms with Crippen LogP contribution in [-0.4, -0.2) is 43.5 Å². The van der Waals surface area contributed by atoms with Gasteiger partial charge in [0.05, 0.1) is 19.2 Å². The second-order valence-corrected chi connectivity index (χ2v) is 5.04. The number of carbonyl (C=O) groups is 2. The number of aromatic nitrogens is 1. The van der Waals surface area contributed by atoms with Gasteiger partial charge < -0.3 is 20.7 Å². The molecule has 2 heterocycles. The Kier molecular flexibility index (Phi) is 3.54. The number of piperazine rings is 1. The highest BCUT2D eigenvalue weighted by molar-refractivity contribution is 6.03.